The van der Waals surface area contributed by atoms with E-state index in [-0.39, 0.29) is 11.2 Å². The molecule has 0 spiro atoms. The second-order valence-corrected chi connectivity index (χ2v) is 5.59. The van der Waals surface area contributed by atoms with E-state index in [1.807, 2.05) is 0 Å². The van der Waals surface area contributed by atoms with E-state index in [9.17, 15) is 4.79 Å². The van der Waals surface area contributed by atoms with Crippen LogP contribution in [-0.4, -0.2) is 5.78 Å². The summed E-state index contributed by atoms with van der Waals surface area (Å²) in [7, 11) is 0. The van der Waals surface area contributed by atoms with E-state index in [4.69, 9.17) is 0 Å². The van der Waals surface area contributed by atoms with Crippen molar-refractivity contribution in [2.24, 2.45) is 0 Å². The van der Waals surface area contributed by atoms with Gasteiger partial charge in [0, 0.05) is 6.42 Å². The molecule has 16 heavy (non-hydrogen) atoms. The largest absolute Gasteiger partial charge is 0.300 e. The van der Waals surface area contributed by atoms with Crippen molar-refractivity contribution < 1.29 is 4.79 Å². The number of carbonyl (C=O) groups is 1. The van der Waals surface area contributed by atoms with Gasteiger partial charge in [-0.05, 0) is 42.4 Å². The summed E-state index contributed by atoms with van der Waals surface area (Å²) in [6, 6.07) is 6.60. The van der Waals surface area contributed by atoms with Gasteiger partial charge in [0.1, 0.15) is 5.78 Å². The molecule has 0 aliphatic rings. The molecule has 1 rings (SSSR count). The second-order valence-electron chi connectivity index (χ2n) is 5.59. The van der Waals surface area contributed by atoms with Gasteiger partial charge in [-0.2, -0.15) is 0 Å². The van der Waals surface area contributed by atoms with Gasteiger partial charge in [0.25, 0.3) is 0 Å². The molecule has 0 aliphatic heterocycles. The SMILES string of the molecule is CC(=O)CCc1cc(C(C)(C)C)ccc1C. The molecule has 0 radical (unpaired) electrons. The van der Waals surface area contributed by atoms with Crippen LogP contribution >= 0.6 is 0 Å². The van der Waals surface area contributed by atoms with Crippen LogP contribution in [0.15, 0.2) is 18.2 Å². The number of Topliss-reactive ketones (excluding diaryl/α,β-unsaturated/α-hetero) is 1. The number of rotatable bonds is 3. The molecule has 0 saturated carbocycles. The lowest BCUT2D eigenvalue weighted by Crippen LogP contribution is -2.12. The Morgan fingerprint density at radius 1 is 1.25 bits per heavy atom. The summed E-state index contributed by atoms with van der Waals surface area (Å²) < 4.78 is 0. The predicted octanol–water partition coefficient (Wildman–Crippen LogP) is 3.81. The molecule has 1 heteroatoms. The van der Waals surface area contributed by atoms with Crippen LogP contribution in [0.25, 0.3) is 0 Å². The Balaban J connectivity index is 2.95. The highest BCUT2D eigenvalue weighted by molar-refractivity contribution is 5.75. The monoisotopic (exact) mass is 218 g/mol. The number of benzene rings is 1. The molecule has 0 fully saturated rings. The molecule has 0 bridgehead atoms. The van der Waals surface area contributed by atoms with E-state index >= 15 is 0 Å². The highest BCUT2D eigenvalue weighted by atomic mass is 16.1. The predicted molar refractivity (Wildman–Crippen MR) is 68.9 cm³/mol. The zero-order chi connectivity index (χ0) is 12.3. The molecule has 0 saturated heterocycles. The number of hydrogen-bond acceptors (Lipinski definition) is 1. The first-order valence-corrected chi connectivity index (χ1v) is 5.90. The highest BCUT2D eigenvalue weighted by Crippen LogP contribution is 2.25. The van der Waals surface area contributed by atoms with Crippen molar-refractivity contribution in [2.45, 2.75) is 52.9 Å². The Hall–Kier alpha value is -1.11. The third-order valence-electron chi connectivity index (χ3n) is 2.96. The third-order valence-corrected chi connectivity index (χ3v) is 2.96. The maximum absolute atomic E-state index is 11.0. The van der Waals surface area contributed by atoms with Crippen molar-refractivity contribution in [3.05, 3.63) is 34.9 Å². The number of aryl methyl sites for hydroxylation is 2. The van der Waals surface area contributed by atoms with E-state index in [0.717, 1.165) is 6.42 Å². The zero-order valence-corrected chi connectivity index (χ0v) is 11.1. The minimum Gasteiger partial charge on any atom is -0.300 e. The summed E-state index contributed by atoms with van der Waals surface area (Å²) >= 11 is 0. The lowest BCUT2D eigenvalue weighted by molar-refractivity contribution is -0.116. The first-order valence-electron chi connectivity index (χ1n) is 5.90. The van der Waals surface area contributed by atoms with E-state index in [2.05, 4.69) is 45.9 Å². The fraction of sp³-hybridized carbons (Fsp3) is 0.533. The van der Waals surface area contributed by atoms with E-state index < -0.39 is 0 Å². The van der Waals surface area contributed by atoms with Crippen LogP contribution in [0.1, 0.15) is 50.8 Å². The Labute approximate surface area is 98.9 Å². The molecule has 0 aliphatic carbocycles. The summed E-state index contributed by atoms with van der Waals surface area (Å²) in [5.41, 5.74) is 4.12. The normalized spacial score (nSPS) is 11.6. The Bertz CT molecular complexity index is 383. The summed E-state index contributed by atoms with van der Waals surface area (Å²) in [5.74, 6) is 0.264. The molecule has 0 unspecified atom stereocenters. The van der Waals surface area contributed by atoms with Crippen LogP contribution in [0.3, 0.4) is 0 Å². The van der Waals surface area contributed by atoms with Crippen molar-refractivity contribution in [3.63, 3.8) is 0 Å². The van der Waals surface area contributed by atoms with Gasteiger partial charge in [0.15, 0.2) is 0 Å². The van der Waals surface area contributed by atoms with Crippen LogP contribution in [0.5, 0.6) is 0 Å². The molecule has 0 amide bonds. The van der Waals surface area contributed by atoms with E-state index in [0.29, 0.717) is 6.42 Å². The van der Waals surface area contributed by atoms with E-state index in [1.54, 1.807) is 6.92 Å². The molecule has 0 atom stereocenters. The van der Waals surface area contributed by atoms with Crippen LogP contribution in [-0.2, 0) is 16.6 Å². The average Bonchev–Trinajstić information content (AvgIpc) is 2.14. The fourth-order valence-corrected chi connectivity index (χ4v) is 1.72. The maximum Gasteiger partial charge on any atom is 0.130 e. The number of ketones is 1. The van der Waals surface area contributed by atoms with Crippen LogP contribution in [0, 0.1) is 6.92 Å². The van der Waals surface area contributed by atoms with Crippen LogP contribution < -0.4 is 0 Å². The molecular formula is C15H22O. The minimum atomic E-state index is 0.179. The lowest BCUT2D eigenvalue weighted by Gasteiger charge is -2.20. The van der Waals surface area contributed by atoms with Gasteiger partial charge in [0.2, 0.25) is 0 Å². The standard InChI is InChI=1S/C15H22O/c1-11-6-9-14(15(3,4)5)10-13(11)8-7-12(2)16/h6,9-10H,7-8H2,1-5H3. The smallest absolute Gasteiger partial charge is 0.130 e. The molecule has 1 nitrogen and oxygen atoms in total. The zero-order valence-electron chi connectivity index (χ0n) is 11.1. The average molecular weight is 218 g/mol. The van der Waals surface area contributed by atoms with Crippen molar-refractivity contribution in [2.75, 3.05) is 0 Å². The highest BCUT2D eigenvalue weighted by Gasteiger charge is 2.14. The topological polar surface area (TPSA) is 17.1 Å². The van der Waals surface area contributed by atoms with Gasteiger partial charge in [0.05, 0.1) is 0 Å². The van der Waals surface area contributed by atoms with Gasteiger partial charge in [-0.15, -0.1) is 0 Å². The van der Waals surface area contributed by atoms with Crippen LogP contribution in [0.4, 0.5) is 0 Å². The maximum atomic E-state index is 11.0. The van der Waals surface area contributed by atoms with Crippen molar-refractivity contribution >= 4 is 5.78 Å². The summed E-state index contributed by atoms with van der Waals surface area (Å²) in [5, 5.41) is 0. The van der Waals surface area contributed by atoms with Crippen LogP contribution in [0.2, 0.25) is 0 Å². The van der Waals surface area contributed by atoms with Gasteiger partial charge < -0.3 is 4.79 Å². The lowest BCUT2D eigenvalue weighted by atomic mass is 9.84. The van der Waals surface area contributed by atoms with E-state index in [1.165, 1.54) is 16.7 Å². The summed E-state index contributed by atoms with van der Waals surface area (Å²) in [6.45, 7) is 10.4. The van der Waals surface area contributed by atoms with Gasteiger partial charge in [-0.1, -0.05) is 39.0 Å². The minimum absolute atomic E-state index is 0.179. The molecule has 1 aromatic rings. The molecule has 0 aromatic heterocycles. The number of carbonyl (C=O) groups excluding carboxylic acids is 1. The molecule has 0 heterocycles. The van der Waals surface area contributed by atoms with Crippen molar-refractivity contribution in [3.8, 4) is 0 Å². The fourth-order valence-electron chi connectivity index (χ4n) is 1.72. The second kappa shape index (κ2) is 4.82. The van der Waals surface area contributed by atoms with Gasteiger partial charge >= 0.3 is 0 Å². The molecular weight excluding hydrogens is 196 g/mol. The molecule has 88 valence electrons. The number of hydrogen-bond donors (Lipinski definition) is 0. The summed E-state index contributed by atoms with van der Waals surface area (Å²) in [4.78, 5) is 11.0. The molecule has 1 aromatic carbocycles. The molecule has 0 N–H and O–H groups in total. The quantitative estimate of drug-likeness (QED) is 0.754. The Kier molecular flexibility index (Phi) is 3.90. The Morgan fingerprint density at radius 2 is 1.88 bits per heavy atom. The van der Waals surface area contributed by atoms with Gasteiger partial charge in [-0.3, -0.25) is 0 Å². The summed E-state index contributed by atoms with van der Waals surface area (Å²) in [6.07, 6.45) is 1.51. The van der Waals surface area contributed by atoms with Gasteiger partial charge in [-0.25, -0.2) is 0 Å². The van der Waals surface area contributed by atoms with Crippen molar-refractivity contribution in [1.29, 1.82) is 0 Å². The van der Waals surface area contributed by atoms with Crippen molar-refractivity contribution in [1.82, 2.24) is 0 Å². The third kappa shape index (κ3) is 3.48. The first kappa shape index (κ1) is 13.0. The first-order chi connectivity index (χ1) is 7.30. The Morgan fingerprint density at radius 3 is 2.38 bits per heavy atom.